The van der Waals surface area contributed by atoms with E-state index in [4.69, 9.17) is 0 Å². The molecule has 1 atom stereocenters. The van der Waals surface area contributed by atoms with Crippen molar-refractivity contribution in [3.8, 4) is 0 Å². The zero-order valence-corrected chi connectivity index (χ0v) is 17.7. The quantitative estimate of drug-likeness (QED) is 0.722. The van der Waals surface area contributed by atoms with Crippen molar-refractivity contribution >= 4 is 21.8 Å². The normalized spacial score (nSPS) is 18.6. The van der Waals surface area contributed by atoms with Crippen molar-refractivity contribution in [1.29, 1.82) is 0 Å². The summed E-state index contributed by atoms with van der Waals surface area (Å²) in [6, 6.07) is 7.80. The second-order valence-corrected chi connectivity index (χ2v) is 9.76. The molecule has 0 unspecified atom stereocenters. The maximum Gasteiger partial charge on any atom is 0.246 e. The molecule has 1 aromatic heterocycles. The smallest absolute Gasteiger partial charge is 0.246 e. The van der Waals surface area contributed by atoms with Gasteiger partial charge < -0.3 is 4.90 Å². The number of carbonyl (C=O) groups excluding carboxylic acids is 1. The molecule has 28 heavy (non-hydrogen) atoms. The number of rotatable bonds is 5. The Balaban J connectivity index is 1.73. The topological polar surface area (TPSA) is 72.3 Å². The second kappa shape index (κ2) is 7.91. The molecule has 2 aromatic rings. The van der Waals surface area contributed by atoms with Crippen LogP contribution in [0.4, 0.5) is 0 Å². The fourth-order valence-corrected chi connectivity index (χ4v) is 5.32. The number of benzene rings is 1. The van der Waals surface area contributed by atoms with E-state index in [-0.39, 0.29) is 23.5 Å². The van der Waals surface area contributed by atoms with Gasteiger partial charge >= 0.3 is 0 Å². The molecule has 1 saturated heterocycles. The molecule has 0 aliphatic carbocycles. The number of amides is 1. The molecule has 0 N–H and O–H groups in total. The third kappa shape index (κ3) is 4.35. The zero-order chi connectivity index (χ0) is 20.5. The number of carbonyl (C=O) groups is 1. The van der Waals surface area contributed by atoms with Crippen LogP contribution in [0.2, 0.25) is 0 Å². The summed E-state index contributed by atoms with van der Waals surface area (Å²) in [6.45, 7) is 6.30. The highest BCUT2D eigenvalue weighted by Gasteiger charge is 2.31. The summed E-state index contributed by atoms with van der Waals surface area (Å²) in [7, 11) is -1.21. The van der Waals surface area contributed by atoms with E-state index in [1.807, 2.05) is 55.8 Å². The van der Waals surface area contributed by atoms with Crippen LogP contribution in [0.25, 0.3) is 6.08 Å². The van der Waals surface area contributed by atoms with Gasteiger partial charge in [-0.3, -0.25) is 9.48 Å². The highest BCUT2D eigenvalue weighted by Crippen LogP contribution is 2.27. The van der Waals surface area contributed by atoms with Gasteiger partial charge in [-0.1, -0.05) is 24.3 Å². The molecule has 1 aliphatic heterocycles. The number of nitrogens with zero attached hydrogens (tertiary/aromatic N) is 3. The molecule has 1 aromatic carbocycles. The summed E-state index contributed by atoms with van der Waals surface area (Å²) in [4.78, 5) is 14.2. The van der Waals surface area contributed by atoms with Crippen LogP contribution in [0, 0.1) is 20.8 Å². The molecule has 2 heterocycles. The first-order chi connectivity index (χ1) is 13.2. The Morgan fingerprint density at radius 1 is 1.29 bits per heavy atom. The standard InChI is InChI=1S/C21H27N3O3S/c1-15-7-5-6-8-18(15)9-10-21(25)23(4)13-20-16(2)22-24(17(20)3)19-11-12-28(26,27)14-19/h5-10,19H,11-14H2,1-4H3/b10-9+/t19-/m0/s1. The van der Waals surface area contributed by atoms with Crippen LogP contribution in [0.1, 0.15) is 40.5 Å². The van der Waals surface area contributed by atoms with Crippen LogP contribution >= 0.6 is 0 Å². The SMILES string of the molecule is Cc1ccccc1/C=C/C(=O)N(C)Cc1c(C)nn([C@H]2CCS(=O)(=O)C2)c1C. The molecule has 150 valence electrons. The van der Waals surface area contributed by atoms with Gasteiger partial charge in [-0.2, -0.15) is 5.10 Å². The van der Waals surface area contributed by atoms with Crippen LogP contribution in [0.15, 0.2) is 30.3 Å². The van der Waals surface area contributed by atoms with Crippen LogP contribution in [0.5, 0.6) is 0 Å². The van der Waals surface area contributed by atoms with Gasteiger partial charge in [-0.15, -0.1) is 0 Å². The summed E-state index contributed by atoms with van der Waals surface area (Å²) in [5, 5.41) is 4.57. The fourth-order valence-electron chi connectivity index (χ4n) is 3.63. The lowest BCUT2D eigenvalue weighted by Crippen LogP contribution is -2.25. The Bertz CT molecular complexity index is 1020. The molecule has 1 amide bonds. The van der Waals surface area contributed by atoms with E-state index >= 15 is 0 Å². The molecule has 0 bridgehead atoms. The minimum absolute atomic E-state index is 0.0850. The minimum Gasteiger partial charge on any atom is -0.338 e. The van der Waals surface area contributed by atoms with Crippen molar-refractivity contribution in [3.63, 3.8) is 0 Å². The van der Waals surface area contributed by atoms with E-state index in [1.54, 1.807) is 18.0 Å². The first kappa shape index (κ1) is 20.3. The van der Waals surface area contributed by atoms with E-state index in [0.717, 1.165) is 28.1 Å². The first-order valence-corrected chi connectivity index (χ1v) is 11.2. The molecule has 1 fully saturated rings. The molecular formula is C21H27N3O3S. The van der Waals surface area contributed by atoms with Gasteiger partial charge in [0.2, 0.25) is 5.91 Å². The van der Waals surface area contributed by atoms with Gasteiger partial charge in [0.25, 0.3) is 0 Å². The van der Waals surface area contributed by atoms with Gasteiger partial charge in [-0.25, -0.2) is 8.42 Å². The van der Waals surface area contributed by atoms with Gasteiger partial charge in [0, 0.05) is 30.9 Å². The molecule has 6 nitrogen and oxygen atoms in total. The van der Waals surface area contributed by atoms with Gasteiger partial charge in [0.1, 0.15) is 0 Å². The second-order valence-electron chi connectivity index (χ2n) is 7.54. The molecule has 1 aliphatic rings. The van der Waals surface area contributed by atoms with Crippen molar-refractivity contribution in [1.82, 2.24) is 14.7 Å². The number of sulfone groups is 1. The Kier molecular flexibility index (Phi) is 5.74. The molecule has 0 spiro atoms. The van der Waals surface area contributed by atoms with Crippen molar-refractivity contribution in [2.75, 3.05) is 18.6 Å². The molecule has 0 radical (unpaired) electrons. The largest absolute Gasteiger partial charge is 0.338 e. The zero-order valence-electron chi connectivity index (χ0n) is 16.8. The van der Waals surface area contributed by atoms with Gasteiger partial charge in [0.15, 0.2) is 9.84 Å². The summed E-state index contributed by atoms with van der Waals surface area (Å²) in [5.41, 5.74) is 4.89. The van der Waals surface area contributed by atoms with Gasteiger partial charge in [-0.05, 0) is 44.4 Å². The Morgan fingerprint density at radius 2 is 2.00 bits per heavy atom. The number of aromatic nitrogens is 2. The van der Waals surface area contributed by atoms with E-state index < -0.39 is 9.84 Å². The molecule has 7 heteroatoms. The van der Waals surface area contributed by atoms with Crippen molar-refractivity contribution in [2.45, 2.75) is 39.8 Å². The maximum absolute atomic E-state index is 12.5. The summed E-state index contributed by atoms with van der Waals surface area (Å²) >= 11 is 0. The Labute approximate surface area is 166 Å². The Morgan fingerprint density at radius 3 is 2.64 bits per heavy atom. The van der Waals surface area contributed by atoms with E-state index in [2.05, 4.69) is 5.10 Å². The van der Waals surface area contributed by atoms with E-state index in [1.165, 1.54) is 0 Å². The van der Waals surface area contributed by atoms with Crippen molar-refractivity contribution in [3.05, 3.63) is 58.4 Å². The third-order valence-corrected chi connectivity index (χ3v) is 7.14. The van der Waals surface area contributed by atoms with Crippen LogP contribution in [-0.4, -0.2) is 47.6 Å². The molecule has 0 saturated carbocycles. The van der Waals surface area contributed by atoms with Gasteiger partial charge in [0.05, 0.1) is 23.2 Å². The average Bonchev–Trinajstić information content (AvgIpc) is 3.14. The van der Waals surface area contributed by atoms with E-state index in [9.17, 15) is 13.2 Å². The molecular weight excluding hydrogens is 374 g/mol. The predicted molar refractivity (Wildman–Crippen MR) is 111 cm³/mol. The summed E-state index contributed by atoms with van der Waals surface area (Å²) in [6.07, 6.45) is 4.01. The highest BCUT2D eigenvalue weighted by atomic mass is 32.2. The third-order valence-electron chi connectivity index (χ3n) is 5.39. The minimum atomic E-state index is -2.97. The summed E-state index contributed by atoms with van der Waals surface area (Å²) < 4.78 is 25.4. The monoisotopic (exact) mass is 401 g/mol. The molecule has 3 rings (SSSR count). The number of aryl methyl sites for hydroxylation is 2. The maximum atomic E-state index is 12.5. The highest BCUT2D eigenvalue weighted by molar-refractivity contribution is 7.91. The lowest BCUT2D eigenvalue weighted by atomic mass is 10.1. The Hall–Kier alpha value is -2.41. The lowest BCUT2D eigenvalue weighted by molar-refractivity contribution is -0.125. The van der Waals surface area contributed by atoms with Crippen LogP contribution in [-0.2, 0) is 21.2 Å². The first-order valence-electron chi connectivity index (χ1n) is 9.42. The summed E-state index contributed by atoms with van der Waals surface area (Å²) in [5.74, 6) is 0.272. The average molecular weight is 402 g/mol. The van der Waals surface area contributed by atoms with E-state index in [0.29, 0.717) is 13.0 Å². The van der Waals surface area contributed by atoms with Crippen molar-refractivity contribution in [2.24, 2.45) is 0 Å². The van der Waals surface area contributed by atoms with Crippen LogP contribution < -0.4 is 0 Å². The van der Waals surface area contributed by atoms with Crippen LogP contribution in [0.3, 0.4) is 0 Å². The van der Waals surface area contributed by atoms with Crippen molar-refractivity contribution < 1.29 is 13.2 Å². The predicted octanol–water partition coefficient (Wildman–Crippen LogP) is 2.84. The number of hydrogen-bond acceptors (Lipinski definition) is 4. The lowest BCUT2D eigenvalue weighted by Gasteiger charge is -2.16. The number of hydrogen-bond donors (Lipinski definition) is 0. The number of likely N-dealkylation sites (N-methyl/N-ethyl adjacent to an activating group) is 1. The fraction of sp³-hybridized carbons (Fsp3) is 0.429.